The van der Waals surface area contributed by atoms with Gasteiger partial charge in [-0.25, -0.2) is 8.78 Å². The third kappa shape index (κ3) is 2.59. The lowest BCUT2D eigenvalue weighted by atomic mass is 10.2. The molecule has 0 aromatic heterocycles. The van der Waals surface area contributed by atoms with E-state index in [1.807, 2.05) is 0 Å². The van der Waals surface area contributed by atoms with Crippen LogP contribution in [0.3, 0.4) is 0 Å². The summed E-state index contributed by atoms with van der Waals surface area (Å²) in [6, 6.07) is 5.71. The van der Waals surface area contributed by atoms with E-state index in [0.717, 1.165) is 12.1 Å². The number of nitrogen functional groups attached to an aromatic ring is 1. The van der Waals surface area contributed by atoms with Gasteiger partial charge in [0.15, 0.2) is 11.6 Å². The van der Waals surface area contributed by atoms with Gasteiger partial charge in [0.05, 0.1) is 5.69 Å². The van der Waals surface area contributed by atoms with E-state index in [9.17, 15) is 13.2 Å². The Hall–Kier alpha value is -1.69. The monoisotopic (exact) mass is 317 g/mol. The van der Waals surface area contributed by atoms with E-state index in [0.29, 0.717) is 4.47 Å². The lowest BCUT2D eigenvalue weighted by molar-refractivity contribution is 0.416. The summed E-state index contributed by atoms with van der Waals surface area (Å²) in [6.07, 6.45) is 0. The molecule has 0 spiro atoms. The summed E-state index contributed by atoms with van der Waals surface area (Å²) in [5, 5.41) is 0. The maximum atomic E-state index is 13.5. The summed E-state index contributed by atoms with van der Waals surface area (Å²) in [7, 11) is 0. The summed E-state index contributed by atoms with van der Waals surface area (Å²) >= 11 is 3.06. The molecule has 0 saturated heterocycles. The molecule has 0 aliphatic heterocycles. The van der Waals surface area contributed by atoms with Crippen LogP contribution in [-0.4, -0.2) is 0 Å². The Bertz CT molecular complexity index is 584. The average Bonchev–Trinajstić information content (AvgIpc) is 2.28. The number of benzene rings is 2. The summed E-state index contributed by atoms with van der Waals surface area (Å²) in [5.74, 6) is -3.33. The quantitative estimate of drug-likeness (QED) is 0.841. The van der Waals surface area contributed by atoms with Crippen LogP contribution < -0.4 is 10.5 Å². The predicted octanol–water partition coefficient (Wildman–Crippen LogP) is 4.24. The highest BCUT2D eigenvalue weighted by Gasteiger charge is 2.14. The van der Waals surface area contributed by atoms with Crippen molar-refractivity contribution in [1.82, 2.24) is 0 Å². The van der Waals surface area contributed by atoms with Crippen LogP contribution in [0.2, 0.25) is 0 Å². The van der Waals surface area contributed by atoms with Crippen molar-refractivity contribution in [2.24, 2.45) is 0 Å². The maximum Gasteiger partial charge on any atom is 0.203 e. The summed E-state index contributed by atoms with van der Waals surface area (Å²) in [6.45, 7) is 0. The molecule has 0 radical (unpaired) electrons. The van der Waals surface area contributed by atoms with Gasteiger partial charge in [-0.1, -0.05) is 15.9 Å². The van der Waals surface area contributed by atoms with Crippen LogP contribution in [-0.2, 0) is 0 Å². The standard InChI is InChI=1S/C12H7BrF3NO/c13-6-3-7(14)5-8(4-6)18-12-10(17)2-1-9(15)11(12)16/h1-5H,17H2. The molecule has 94 valence electrons. The van der Waals surface area contributed by atoms with Crippen molar-refractivity contribution in [3.8, 4) is 11.5 Å². The van der Waals surface area contributed by atoms with E-state index in [2.05, 4.69) is 15.9 Å². The minimum atomic E-state index is -1.21. The first kappa shape index (κ1) is 12.8. The fourth-order valence-electron chi connectivity index (χ4n) is 1.36. The van der Waals surface area contributed by atoms with Gasteiger partial charge in [0.1, 0.15) is 11.6 Å². The minimum absolute atomic E-state index is 0.0121. The van der Waals surface area contributed by atoms with Crippen LogP contribution in [0, 0.1) is 17.5 Å². The molecule has 2 aromatic carbocycles. The van der Waals surface area contributed by atoms with Gasteiger partial charge in [-0.05, 0) is 24.3 Å². The van der Waals surface area contributed by atoms with Gasteiger partial charge in [-0.15, -0.1) is 0 Å². The largest absolute Gasteiger partial charge is 0.452 e. The van der Waals surface area contributed by atoms with E-state index in [1.54, 1.807) is 0 Å². The summed E-state index contributed by atoms with van der Waals surface area (Å²) < 4.78 is 45.1. The van der Waals surface area contributed by atoms with Crippen molar-refractivity contribution in [3.63, 3.8) is 0 Å². The molecule has 0 aliphatic rings. The summed E-state index contributed by atoms with van der Waals surface area (Å²) in [4.78, 5) is 0. The molecule has 0 fully saturated rings. The Morgan fingerprint density at radius 2 is 1.78 bits per heavy atom. The molecule has 18 heavy (non-hydrogen) atoms. The third-order valence-corrected chi connectivity index (χ3v) is 2.59. The van der Waals surface area contributed by atoms with E-state index in [-0.39, 0.29) is 11.4 Å². The number of nitrogens with two attached hydrogens (primary N) is 1. The fraction of sp³-hybridized carbons (Fsp3) is 0. The van der Waals surface area contributed by atoms with E-state index >= 15 is 0 Å². The van der Waals surface area contributed by atoms with Crippen molar-refractivity contribution in [2.75, 3.05) is 5.73 Å². The molecule has 2 aromatic rings. The Kier molecular flexibility index (Phi) is 3.47. The Morgan fingerprint density at radius 1 is 1.06 bits per heavy atom. The zero-order valence-corrected chi connectivity index (χ0v) is 10.5. The number of ether oxygens (including phenoxy) is 1. The van der Waals surface area contributed by atoms with Gasteiger partial charge < -0.3 is 10.5 Å². The predicted molar refractivity (Wildman–Crippen MR) is 64.9 cm³/mol. The fourth-order valence-corrected chi connectivity index (χ4v) is 1.80. The number of halogens is 4. The van der Waals surface area contributed by atoms with Gasteiger partial charge >= 0.3 is 0 Å². The average molecular weight is 318 g/mol. The highest BCUT2D eigenvalue weighted by Crippen LogP contribution is 2.33. The molecule has 0 atom stereocenters. The molecule has 0 saturated carbocycles. The molecule has 0 amide bonds. The maximum absolute atomic E-state index is 13.5. The van der Waals surface area contributed by atoms with Crippen molar-refractivity contribution >= 4 is 21.6 Å². The molecule has 6 heteroatoms. The van der Waals surface area contributed by atoms with Gasteiger partial charge in [-0.3, -0.25) is 0 Å². The topological polar surface area (TPSA) is 35.2 Å². The highest BCUT2D eigenvalue weighted by atomic mass is 79.9. The first-order chi connectivity index (χ1) is 8.47. The number of hydrogen-bond donors (Lipinski definition) is 1. The first-order valence-corrected chi connectivity index (χ1v) is 5.64. The first-order valence-electron chi connectivity index (χ1n) is 4.85. The van der Waals surface area contributed by atoms with Crippen LogP contribution in [0.5, 0.6) is 11.5 Å². The molecule has 0 heterocycles. The van der Waals surface area contributed by atoms with Crippen LogP contribution in [0.1, 0.15) is 0 Å². The molecule has 0 bridgehead atoms. The molecule has 0 unspecified atom stereocenters. The zero-order chi connectivity index (χ0) is 13.3. The minimum Gasteiger partial charge on any atom is -0.452 e. The molecule has 2 N–H and O–H groups in total. The molecule has 0 aliphatic carbocycles. The van der Waals surface area contributed by atoms with Gasteiger partial charge in [0.2, 0.25) is 5.82 Å². The third-order valence-electron chi connectivity index (χ3n) is 2.14. The Labute approximate surface area is 109 Å². The summed E-state index contributed by atoms with van der Waals surface area (Å²) in [5.41, 5.74) is 5.40. The Morgan fingerprint density at radius 3 is 2.44 bits per heavy atom. The smallest absolute Gasteiger partial charge is 0.203 e. The SMILES string of the molecule is Nc1ccc(F)c(F)c1Oc1cc(F)cc(Br)c1. The number of rotatable bonds is 2. The molecule has 2 rings (SSSR count). The van der Waals surface area contributed by atoms with Crippen LogP contribution >= 0.6 is 15.9 Å². The molecular weight excluding hydrogens is 311 g/mol. The van der Waals surface area contributed by atoms with Crippen LogP contribution in [0.15, 0.2) is 34.8 Å². The van der Waals surface area contributed by atoms with Crippen LogP contribution in [0.25, 0.3) is 0 Å². The second-order valence-corrected chi connectivity index (χ2v) is 4.40. The van der Waals surface area contributed by atoms with E-state index in [4.69, 9.17) is 10.5 Å². The molecule has 2 nitrogen and oxygen atoms in total. The van der Waals surface area contributed by atoms with Gasteiger partial charge in [-0.2, -0.15) is 4.39 Å². The van der Waals surface area contributed by atoms with Gasteiger partial charge in [0.25, 0.3) is 0 Å². The lowest BCUT2D eigenvalue weighted by Gasteiger charge is -2.10. The normalized spacial score (nSPS) is 10.4. The second-order valence-electron chi connectivity index (χ2n) is 3.49. The van der Waals surface area contributed by atoms with E-state index < -0.39 is 23.2 Å². The Balaban J connectivity index is 2.42. The number of anilines is 1. The highest BCUT2D eigenvalue weighted by molar-refractivity contribution is 9.10. The van der Waals surface area contributed by atoms with Crippen molar-refractivity contribution < 1.29 is 17.9 Å². The van der Waals surface area contributed by atoms with Crippen molar-refractivity contribution in [3.05, 3.63) is 52.3 Å². The van der Waals surface area contributed by atoms with Gasteiger partial charge in [0, 0.05) is 10.5 Å². The zero-order valence-electron chi connectivity index (χ0n) is 8.88. The van der Waals surface area contributed by atoms with Crippen LogP contribution in [0.4, 0.5) is 18.9 Å². The lowest BCUT2D eigenvalue weighted by Crippen LogP contribution is -1.98. The number of hydrogen-bond acceptors (Lipinski definition) is 2. The van der Waals surface area contributed by atoms with Crippen molar-refractivity contribution in [2.45, 2.75) is 0 Å². The second kappa shape index (κ2) is 4.89. The molecular formula is C12H7BrF3NO. The van der Waals surface area contributed by atoms with Crippen molar-refractivity contribution in [1.29, 1.82) is 0 Å². The van der Waals surface area contributed by atoms with E-state index in [1.165, 1.54) is 18.2 Å².